The van der Waals surface area contributed by atoms with Crippen LogP contribution in [-0.2, 0) is 0 Å². The quantitative estimate of drug-likeness (QED) is 0.822. The van der Waals surface area contributed by atoms with E-state index in [9.17, 15) is 0 Å². The predicted octanol–water partition coefficient (Wildman–Crippen LogP) is 2.39. The fourth-order valence-electron chi connectivity index (χ4n) is 2.66. The number of rotatable bonds is 3. The normalized spacial score (nSPS) is 27.5. The average molecular weight is 205 g/mol. The molecule has 1 fully saturated rings. The highest BCUT2D eigenvalue weighted by atomic mass is 16.5. The number of hydrogen-bond acceptors (Lipinski definition) is 2. The molecule has 82 valence electrons. The van der Waals surface area contributed by atoms with E-state index >= 15 is 0 Å². The molecule has 1 aromatic rings. The number of nitrogens with two attached hydrogens (primary N) is 1. The first-order valence-corrected chi connectivity index (χ1v) is 5.45. The van der Waals surface area contributed by atoms with Gasteiger partial charge in [0.2, 0.25) is 0 Å². The molecular weight excluding hydrogens is 186 g/mol. The summed E-state index contributed by atoms with van der Waals surface area (Å²) < 4.78 is 5.15. The predicted molar refractivity (Wildman–Crippen MR) is 62.1 cm³/mol. The van der Waals surface area contributed by atoms with Crippen molar-refractivity contribution in [2.24, 2.45) is 17.1 Å². The van der Waals surface area contributed by atoms with E-state index in [1.54, 1.807) is 7.11 Å². The van der Waals surface area contributed by atoms with Crippen LogP contribution in [0, 0.1) is 11.3 Å². The third kappa shape index (κ3) is 1.63. The topological polar surface area (TPSA) is 35.2 Å². The van der Waals surface area contributed by atoms with Gasteiger partial charge in [0.1, 0.15) is 5.75 Å². The van der Waals surface area contributed by atoms with Gasteiger partial charge < -0.3 is 10.5 Å². The SMILES string of the molecule is COc1ccc([C@@H]2[C@@H](CN)C2(C)C)cc1. The molecule has 2 nitrogen and oxygen atoms in total. The van der Waals surface area contributed by atoms with Crippen LogP contribution in [-0.4, -0.2) is 13.7 Å². The van der Waals surface area contributed by atoms with Crippen molar-refractivity contribution in [2.45, 2.75) is 19.8 Å². The Morgan fingerprint density at radius 3 is 2.27 bits per heavy atom. The third-order valence-corrected chi connectivity index (χ3v) is 3.78. The van der Waals surface area contributed by atoms with Crippen LogP contribution in [0.4, 0.5) is 0 Å². The Kier molecular flexibility index (Phi) is 2.47. The van der Waals surface area contributed by atoms with Gasteiger partial charge in [0, 0.05) is 0 Å². The maximum Gasteiger partial charge on any atom is 0.118 e. The Morgan fingerprint density at radius 1 is 1.27 bits per heavy atom. The molecule has 1 aliphatic rings. The lowest BCUT2D eigenvalue weighted by Crippen LogP contribution is -2.05. The average Bonchev–Trinajstić information content (AvgIpc) is 2.80. The van der Waals surface area contributed by atoms with Crippen molar-refractivity contribution in [3.8, 4) is 5.75 Å². The molecule has 2 N–H and O–H groups in total. The third-order valence-electron chi connectivity index (χ3n) is 3.78. The van der Waals surface area contributed by atoms with Crippen LogP contribution < -0.4 is 10.5 Å². The minimum absolute atomic E-state index is 0.364. The molecule has 1 aromatic carbocycles. The summed E-state index contributed by atoms with van der Waals surface area (Å²) in [7, 11) is 1.69. The molecular formula is C13H19NO. The molecule has 0 spiro atoms. The highest BCUT2D eigenvalue weighted by molar-refractivity contribution is 5.36. The second-order valence-electron chi connectivity index (χ2n) is 4.91. The molecule has 0 aliphatic heterocycles. The molecule has 2 atom stereocenters. The Hall–Kier alpha value is -1.02. The first-order valence-electron chi connectivity index (χ1n) is 5.45. The highest BCUT2D eigenvalue weighted by Crippen LogP contribution is 2.63. The van der Waals surface area contributed by atoms with E-state index in [1.807, 2.05) is 12.1 Å². The maximum atomic E-state index is 5.77. The van der Waals surface area contributed by atoms with E-state index < -0.39 is 0 Å². The van der Waals surface area contributed by atoms with E-state index in [1.165, 1.54) is 5.56 Å². The number of benzene rings is 1. The summed E-state index contributed by atoms with van der Waals surface area (Å²) in [5.41, 5.74) is 7.52. The van der Waals surface area contributed by atoms with Crippen LogP contribution in [0.5, 0.6) is 5.75 Å². The van der Waals surface area contributed by atoms with Gasteiger partial charge in [0.15, 0.2) is 0 Å². The highest BCUT2D eigenvalue weighted by Gasteiger charge is 2.56. The minimum Gasteiger partial charge on any atom is -0.497 e. The van der Waals surface area contributed by atoms with E-state index in [-0.39, 0.29) is 0 Å². The maximum absolute atomic E-state index is 5.77. The van der Waals surface area contributed by atoms with Crippen LogP contribution in [0.1, 0.15) is 25.3 Å². The second-order valence-corrected chi connectivity index (χ2v) is 4.91. The van der Waals surface area contributed by atoms with Crippen LogP contribution in [0.3, 0.4) is 0 Å². The molecule has 1 aliphatic carbocycles. The molecule has 0 amide bonds. The van der Waals surface area contributed by atoms with Gasteiger partial charge in [-0.3, -0.25) is 0 Å². The number of hydrogen-bond donors (Lipinski definition) is 1. The van der Waals surface area contributed by atoms with Crippen LogP contribution in [0.15, 0.2) is 24.3 Å². The Bertz CT molecular complexity index is 342. The first-order chi connectivity index (χ1) is 7.11. The number of methoxy groups -OCH3 is 1. The standard InChI is InChI=1S/C13H19NO/c1-13(2)11(8-14)12(13)9-4-6-10(15-3)7-5-9/h4-7,11-12H,8,14H2,1-3H3/t11-,12-/m1/s1. The summed E-state index contributed by atoms with van der Waals surface area (Å²) in [6.07, 6.45) is 0. The minimum atomic E-state index is 0.364. The first kappa shape index (κ1) is 10.5. The Balaban J connectivity index is 2.18. The molecule has 0 saturated heterocycles. The van der Waals surface area contributed by atoms with Crippen molar-refractivity contribution in [3.05, 3.63) is 29.8 Å². The zero-order chi connectivity index (χ0) is 11.1. The Morgan fingerprint density at radius 2 is 1.87 bits per heavy atom. The lowest BCUT2D eigenvalue weighted by atomic mass is 10.0. The molecule has 2 rings (SSSR count). The van der Waals surface area contributed by atoms with E-state index in [2.05, 4.69) is 26.0 Å². The summed E-state index contributed by atoms with van der Waals surface area (Å²) in [5.74, 6) is 2.17. The van der Waals surface area contributed by atoms with Gasteiger partial charge >= 0.3 is 0 Å². The summed E-state index contributed by atoms with van der Waals surface area (Å²) in [4.78, 5) is 0. The second kappa shape index (κ2) is 3.53. The largest absolute Gasteiger partial charge is 0.497 e. The van der Waals surface area contributed by atoms with E-state index in [4.69, 9.17) is 10.5 Å². The summed E-state index contributed by atoms with van der Waals surface area (Å²) in [5, 5.41) is 0. The van der Waals surface area contributed by atoms with Crippen molar-refractivity contribution >= 4 is 0 Å². The molecule has 0 heterocycles. The van der Waals surface area contributed by atoms with Crippen molar-refractivity contribution in [3.63, 3.8) is 0 Å². The van der Waals surface area contributed by atoms with E-state index in [0.717, 1.165) is 12.3 Å². The van der Waals surface area contributed by atoms with Gasteiger partial charge in [-0.1, -0.05) is 26.0 Å². The molecule has 0 unspecified atom stereocenters. The molecule has 1 saturated carbocycles. The fraction of sp³-hybridized carbons (Fsp3) is 0.538. The van der Waals surface area contributed by atoms with Gasteiger partial charge in [-0.25, -0.2) is 0 Å². The van der Waals surface area contributed by atoms with Gasteiger partial charge in [-0.2, -0.15) is 0 Å². The lowest BCUT2D eigenvalue weighted by molar-refractivity contribution is 0.414. The summed E-state index contributed by atoms with van der Waals surface area (Å²) in [6.45, 7) is 5.36. The molecule has 15 heavy (non-hydrogen) atoms. The van der Waals surface area contributed by atoms with Gasteiger partial charge in [-0.05, 0) is 41.5 Å². The smallest absolute Gasteiger partial charge is 0.118 e. The van der Waals surface area contributed by atoms with Gasteiger partial charge in [0.05, 0.1) is 7.11 Å². The van der Waals surface area contributed by atoms with Crippen LogP contribution in [0.25, 0.3) is 0 Å². The number of ether oxygens (including phenoxy) is 1. The van der Waals surface area contributed by atoms with Crippen molar-refractivity contribution < 1.29 is 4.74 Å². The summed E-state index contributed by atoms with van der Waals surface area (Å²) >= 11 is 0. The monoisotopic (exact) mass is 205 g/mol. The van der Waals surface area contributed by atoms with E-state index in [0.29, 0.717) is 17.3 Å². The molecule has 0 bridgehead atoms. The summed E-state index contributed by atoms with van der Waals surface area (Å²) in [6, 6.07) is 8.36. The van der Waals surface area contributed by atoms with Gasteiger partial charge in [-0.15, -0.1) is 0 Å². The lowest BCUT2D eigenvalue weighted by Gasteiger charge is -2.04. The molecule has 2 heteroatoms. The van der Waals surface area contributed by atoms with Crippen molar-refractivity contribution in [2.75, 3.05) is 13.7 Å². The fourth-order valence-corrected chi connectivity index (χ4v) is 2.66. The Labute approximate surface area is 91.4 Å². The zero-order valence-corrected chi connectivity index (χ0v) is 9.66. The van der Waals surface area contributed by atoms with Crippen LogP contribution >= 0.6 is 0 Å². The molecule has 0 radical (unpaired) electrons. The zero-order valence-electron chi connectivity index (χ0n) is 9.66. The van der Waals surface area contributed by atoms with Crippen LogP contribution in [0.2, 0.25) is 0 Å². The van der Waals surface area contributed by atoms with Crippen molar-refractivity contribution in [1.82, 2.24) is 0 Å². The van der Waals surface area contributed by atoms with Gasteiger partial charge in [0.25, 0.3) is 0 Å². The molecule has 0 aromatic heterocycles. The van der Waals surface area contributed by atoms with Crippen molar-refractivity contribution in [1.29, 1.82) is 0 Å².